The summed E-state index contributed by atoms with van der Waals surface area (Å²) in [4.78, 5) is 4.48. The van der Waals surface area contributed by atoms with Crippen molar-refractivity contribution in [3.05, 3.63) is 18.2 Å². The van der Waals surface area contributed by atoms with Crippen LogP contribution < -0.4 is 5.32 Å². The summed E-state index contributed by atoms with van der Waals surface area (Å²) in [5, 5.41) is 12.0. The van der Waals surface area contributed by atoms with E-state index in [4.69, 9.17) is 4.52 Å². The van der Waals surface area contributed by atoms with Gasteiger partial charge in [-0.15, -0.1) is 0 Å². The van der Waals surface area contributed by atoms with E-state index in [0.29, 0.717) is 23.8 Å². The lowest BCUT2D eigenvalue weighted by Crippen LogP contribution is -2.38. The number of rotatable bonds is 3. The second kappa shape index (κ2) is 4.70. The number of nitrogens with one attached hydrogen (secondary N) is 1. The van der Waals surface area contributed by atoms with Crippen molar-refractivity contribution in [2.24, 2.45) is 13.0 Å². The standard InChI is InChI=1S/C14H19N5O/c1-19-5-4-12(17-19)14-16-13(20-18-14)8-9-6-10-2-3-11(7-9)15-10/h4-5,9-11,15H,2-3,6-8H2,1H3. The smallest absolute Gasteiger partial charge is 0.227 e. The van der Waals surface area contributed by atoms with E-state index in [1.165, 1.54) is 25.7 Å². The van der Waals surface area contributed by atoms with Gasteiger partial charge in [0.05, 0.1) is 0 Å². The average Bonchev–Trinajstić information content (AvgIpc) is 3.11. The highest BCUT2D eigenvalue weighted by atomic mass is 16.5. The molecule has 1 N–H and O–H groups in total. The fraction of sp³-hybridized carbons (Fsp3) is 0.643. The van der Waals surface area contributed by atoms with Gasteiger partial charge in [-0.3, -0.25) is 4.68 Å². The normalized spacial score (nSPS) is 28.9. The van der Waals surface area contributed by atoms with Crippen LogP contribution in [0.5, 0.6) is 0 Å². The molecule has 2 aliphatic heterocycles. The van der Waals surface area contributed by atoms with Crippen molar-refractivity contribution in [3.8, 4) is 11.5 Å². The predicted molar refractivity (Wildman–Crippen MR) is 72.9 cm³/mol. The van der Waals surface area contributed by atoms with Gasteiger partial charge in [0.2, 0.25) is 11.7 Å². The molecule has 0 saturated carbocycles. The molecule has 2 bridgehead atoms. The number of nitrogens with zero attached hydrogens (tertiary/aromatic N) is 4. The Kier molecular flexibility index (Phi) is 2.84. The van der Waals surface area contributed by atoms with Crippen molar-refractivity contribution in [2.75, 3.05) is 0 Å². The first-order valence-electron chi connectivity index (χ1n) is 7.35. The van der Waals surface area contributed by atoms with Gasteiger partial charge in [0.25, 0.3) is 0 Å². The summed E-state index contributed by atoms with van der Waals surface area (Å²) in [6, 6.07) is 3.31. The van der Waals surface area contributed by atoms with E-state index in [1.807, 2.05) is 19.3 Å². The van der Waals surface area contributed by atoms with E-state index in [-0.39, 0.29) is 0 Å². The van der Waals surface area contributed by atoms with Crippen LogP contribution in [0.3, 0.4) is 0 Å². The SMILES string of the molecule is Cn1ccc(-c2noc(CC3CC4CCC(C3)N4)n2)n1. The summed E-state index contributed by atoms with van der Waals surface area (Å²) in [5.74, 6) is 2.01. The molecule has 0 spiro atoms. The number of hydrogen-bond acceptors (Lipinski definition) is 5. The maximum absolute atomic E-state index is 5.39. The molecule has 6 nitrogen and oxygen atoms in total. The Morgan fingerprint density at radius 1 is 1.35 bits per heavy atom. The molecule has 0 aromatic carbocycles. The van der Waals surface area contributed by atoms with Crippen molar-refractivity contribution in [1.82, 2.24) is 25.2 Å². The Balaban J connectivity index is 1.46. The molecule has 2 atom stereocenters. The monoisotopic (exact) mass is 273 g/mol. The van der Waals surface area contributed by atoms with E-state index in [2.05, 4.69) is 20.6 Å². The minimum absolute atomic E-state index is 0.595. The van der Waals surface area contributed by atoms with Gasteiger partial charge in [-0.25, -0.2) is 0 Å². The molecule has 6 heteroatoms. The van der Waals surface area contributed by atoms with Crippen molar-refractivity contribution in [3.63, 3.8) is 0 Å². The van der Waals surface area contributed by atoms with Crippen LogP contribution in [0, 0.1) is 5.92 Å². The second-order valence-electron chi connectivity index (χ2n) is 6.07. The topological polar surface area (TPSA) is 68.8 Å². The van der Waals surface area contributed by atoms with E-state index >= 15 is 0 Å². The van der Waals surface area contributed by atoms with Crippen molar-refractivity contribution in [1.29, 1.82) is 0 Å². The van der Waals surface area contributed by atoms with Gasteiger partial charge < -0.3 is 9.84 Å². The number of hydrogen-bond donors (Lipinski definition) is 1. The zero-order valence-electron chi connectivity index (χ0n) is 11.6. The highest BCUT2D eigenvalue weighted by molar-refractivity contribution is 5.46. The molecule has 2 unspecified atom stereocenters. The van der Waals surface area contributed by atoms with E-state index < -0.39 is 0 Å². The van der Waals surface area contributed by atoms with Crippen molar-refractivity contribution >= 4 is 0 Å². The molecule has 0 radical (unpaired) electrons. The third-order valence-corrected chi connectivity index (χ3v) is 4.44. The molecular weight excluding hydrogens is 254 g/mol. The maximum Gasteiger partial charge on any atom is 0.227 e. The Labute approximate surface area is 117 Å². The lowest BCUT2D eigenvalue weighted by atomic mass is 9.90. The molecule has 4 heterocycles. The van der Waals surface area contributed by atoms with Crippen LogP contribution in [0.15, 0.2) is 16.8 Å². The number of piperidine rings is 1. The first-order valence-corrected chi connectivity index (χ1v) is 7.35. The lowest BCUT2D eigenvalue weighted by Gasteiger charge is -2.27. The summed E-state index contributed by atoms with van der Waals surface area (Å²) in [7, 11) is 1.88. The Hall–Kier alpha value is -1.69. The number of aryl methyl sites for hydroxylation is 1. The fourth-order valence-electron chi connectivity index (χ4n) is 3.56. The predicted octanol–water partition coefficient (Wildman–Crippen LogP) is 1.54. The van der Waals surface area contributed by atoms with Crippen molar-refractivity contribution < 1.29 is 4.52 Å². The van der Waals surface area contributed by atoms with Crippen LogP contribution >= 0.6 is 0 Å². The maximum atomic E-state index is 5.39. The first kappa shape index (κ1) is 12.1. The molecule has 2 fully saturated rings. The third-order valence-electron chi connectivity index (χ3n) is 4.44. The lowest BCUT2D eigenvalue weighted by molar-refractivity contribution is 0.270. The van der Waals surface area contributed by atoms with Gasteiger partial charge in [0.1, 0.15) is 5.69 Å². The van der Waals surface area contributed by atoms with Crippen LogP contribution in [-0.4, -0.2) is 32.0 Å². The van der Waals surface area contributed by atoms with E-state index in [0.717, 1.165) is 18.0 Å². The molecular formula is C14H19N5O. The van der Waals surface area contributed by atoms with Gasteiger partial charge in [-0.1, -0.05) is 5.16 Å². The second-order valence-corrected chi connectivity index (χ2v) is 6.07. The minimum atomic E-state index is 0.595. The number of fused-ring (bicyclic) bond motifs is 2. The number of aromatic nitrogens is 4. The van der Waals surface area contributed by atoms with Crippen LogP contribution in [0.4, 0.5) is 0 Å². The first-order chi connectivity index (χ1) is 9.76. The summed E-state index contributed by atoms with van der Waals surface area (Å²) in [6.07, 6.45) is 7.90. The molecule has 2 aliphatic rings. The molecule has 0 amide bonds. The van der Waals surface area contributed by atoms with E-state index in [1.54, 1.807) is 4.68 Å². The molecule has 20 heavy (non-hydrogen) atoms. The molecule has 2 saturated heterocycles. The van der Waals surface area contributed by atoms with Gasteiger partial charge >= 0.3 is 0 Å². The van der Waals surface area contributed by atoms with Crippen LogP contribution in [0.1, 0.15) is 31.6 Å². The van der Waals surface area contributed by atoms with Gasteiger partial charge in [0, 0.05) is 31.7 Å². The van der Waals surface area contributed by atoms with E-state index in [9.17, 15) is 0 Å². The Bertz CT molecular complexity index is 592. The van der Waals surface area contributed by atoms with Crippen molar-refractivity contribution in [2.45, 2.75) is 44.2 Å². The van der Waals surface area contributed by atoms with Gasteiger partial charge in [-0.2, -0.15) is 10.1 Å². The highest BCUT2D eigenvalue weighted by Gasteiger charge is 2.34. The average molecular weight is 273 g/mol. The fourth-order valence-corrected chi connectivity index (χ4v) is 3.56. The molecule has 2 aromatic rings. The molecule has 106 valence electrons. The van der Waals surface area contributed by atoms with Crippen LogP contribution in [0.2, 0.25) is 0 Å². The van der Waals surface area contributed by atoms with Crippen LogP contribution in [-0.2, 0) is 13.5 Å². The van der Waals surface area contributed by atoms with Crippen LogP contribution in [0.25, 0.3) is 11.5 Å². The molecule has 4 rings (SSSR count). The largest absolute Gasteiger partial charge is 0.339 e. The third kappa shape index (κ3) is 2.24. The Morgan fingerprint density at radius 3 is 2.85 bits per heavy atom. The highest BCUT2D eigenvalue weighted by Crippen LogP contribution is 2.32. The van der Waals surface area contributed by atoms with Gasteiger partial charge in [0.15, 0.2) is 0 Å². The molecule has 2 aromatic heterocycles. The van der Waals surface area contributed by atoms with Gasteiger partial charge in [-0.05, 0) is 37.7 Å². The summed E-state index contributed by atoms with van der Waals surface area (Å²) in [5.41, 5.74) is 0.771. The zero-order chi connectivity index (χ0) is 13.5. The molecule has 0 aliphatic carbocycles. The summed E-state index contributed by atoms with van der Waals surface area (Å²) in [6.45, 7) is 0. The minimum Gasteiger partial charge on any atom is -0.339 e. The summed E-state index contributed by atoms with van der Waals surface area (Å²) < 4.78 is 7.14. The summed E-state index contributed by atoms with van der Waals surface area (Å²) >= 11 is 0. The zero-order valence-corrected chi connectivity index (χ0v) is 11.6. The quantitative estimate of drug-likeness (QED) is 0.918. The Morgan fingerprint density at radius 2 is 2.15 bits per heavy atom.